The van der Waals surface area contributed by atoms with Crippen LogP contribution in [-0.4, -0.2) is 16.0 Å². The van der Waals surface area contributed by atoms with E-state index >= 15 is 0 Å². The Morgan fingerprint density at radius 1 is 1.29 bits per heavy atom. The Balaban J connectivity index is 2.51. The Labute approximate surface area is 118 Å². The van der Waals surface area contributed by atoms with Crippen LogP contribution in [-0.2, 0) is 0 Å². The largest absolute Gasteiger partial charge is 0.478 e. The number of nitro benzene ring substituents is 1. The lowest BCUT2D eigenvalue weighted by Gasteiger charge is -2.10. The molecular weight excluding hydrogens is 281 g/mol. The molecule has 0 aromatic heterocycles. The first-order chi connectivity index (χ1) is 9.90. The van der Waals surface area contributed by atoms with Gasteiger partial charge in [-0.05, 0) is 31.2 Å². The lowest BCUT2D eigenvalue weighted by molar-refractivity contribution is -0.388. The summed E-state index contributed by atoms with van der Waals surface area (Å²) in [5.41, 5.74) is -0.309. The third-order valence-electron chi connectivity index (χ3n) is 2.72. The maximum Gasteiger partial charge on any atom is 0.346 e. The van der Waals surface area contributed by atoms with Crippen molar-refractivity contribution in [3.05, 3.63) is 63.5 Å². The van der Waals surface area contributed by atoms with E-state index in [9.17, 15) is 19.3 Å². The number of hydrogen-bond acceptors (Lipinski definition) is 4. The summed E-state index contributed by atoms with van der Waals surface area (Å²) in [5.74, 6) is -2.75. The molecule has 2 aromatic rings. The molecule has 0 bridgehead atoms. The molecule has 0 amide bonds. The van der Waals surface area contributed by atoms with Crippen molar-refractivity contribution < 1.29 is 24.0 Å². The molecule has 2 aromatic carbocycles. The fourth-order valence-electron chi connectivity index (χ4n) is 1.77. The van der Waals surface area contributed by atoms with E-state index in [0.717, 1.165) is 6.07 Å². The first-order valence-electron chi connectivity index (χ1n) is 5.85. The number of carbonyl (C=O) groups is 1. The van der Waals surface area contributed by atoms with Crippen molar-refractivity contribution in [3.63, 3.8) is 0 Å². The molecule has 0 spiro atoms. The van der Waals surface area contributed by atoms with Crippen LogP contribution in [0.4, 0.5) is 10.1 Å². The summed E-state index contributed by atoms with van der Waals surface area (Å²) < 4.78 is 18.7. The first kappa shape index (κ1) is 14.4. The van der Waals surface area contributed by atoms with E-state index in [4.69, 9.17) is 9.84 Å². The van der Waals surface area contributed by atoms with E-state index in [2.05, 4.69) is 0 Å². The number of para-hydroxylation sites is 1. The molecule has 6 nitrogen and oxygen atoms in total. The molecule has 0 aliphatic heterocycles. The Kier molecular flexibility index (Phi) is 3.84. The molecule has 7 heteroatoms. The van der Waals surface area contributed by atoms with Crippen LogP contribution < -0.4 is 4.74 Å². The number of hydrogen-bond donors (Lipinski definition) is 1. The van der Waals surface area contributed by atoms with E-state index in [1.54, 1.807) is 13.0 Å². The second-order valence-corrected chi connectivity index (χ2v) is 4.25. The number of aryl methyl sites for hydroxylation is 1. The predicted octanol–water partition coefficient (Wildman–Crippen LogP) is 3.53. The highest BCUT2D eigenvalue weighted by Crippen LogP contribution is 2.34. The van der Waals surface area contributed by atoms with E-state index < -0.39 is 22.4 Å². The maximum absolute atomic E-state index is 13.5. The topological polar surface area (TPSA) is 89.7 Å². The Bertz CT molecular complexity index is 729. The van der Waals surface area contributed by atoms with E-state index in [0.29, 0.717) is 5.56 Å². The Morgan fingerprint density at radius 3 is 2.62 bits per heavy atom. The molecule has 1 N–H and O–H groups in total. The van der Waals surface area contributed by atoms with Gasteiger partial charge in [-0.25, -0.2) is 4.79 Å². The van der Waals surface area contributed by atoms with Gasteiger partial charge in [0.25, 0.3) is 0 Å². The Hall–Kier alpha value is -2.96. The second-order valence-electron chi connectivity index (χ2n) is 4.25. The lowest BCUT2D eigenvalue weighted by Crippen LogP contribution is -2.02. The summed E-state index contributed by atoms with van der Waals surface area (Å²) in [6.45, 7) is 1.70. The van der Waals surface area contributed by atoms with Crippen LogP contribution in [0.2, 0.25) is 0 Å². The van der Waals surface area contributed by atoms with Crippen LogP contribution >= 0.6 is 0 Å². The smallest absolute Gasteiger partial charge is 0.346 e. The molecular formula is C14H10FNO5. The minimum atomic E-state index is -1.24. The van der Waals surface area contributed by atoms with Gasteiger partial charge < -0.3 is 9.84 Å². The number of ether oxygens (including phenoxy) is 1. The summed E-state index contributed by atoms with van der Waals surface area (Å²) in [6.07, 6.45) is 0. The number of rotatable bonds is 4. The van der Waals surface area contributed by atoms with Crippen LogP contribution in [0.25, 0.3) is 0 Å². The molecule has 0 fully saturated rings. The molecule has 108 valence electrons. The molecule has 2 rings (SSSR count). The lowest BCUT2D eigenvalue weighted by atomic mass is 10.1. The van der Waals surface area contributed by atoms with E-state index in [1.165, 1.54) is 24.3 Å². The summed E-state index contributed by atoms with van der Waals surface area (Å²) in [5, 5.41) is 20.0. The number of carboxylic acids is 1. The fraction of sp³-hybridized carbons (Fsp3) is 0.0714. The number of nitrogens with zero attached hydrogens (tertiary/aromatic N) is 1. The quantitative estimate of drug-likeness (QED) is 0.687. The molecule has 0 saturated carbocycles. The zero-order valence-electron chi connectivity index (χ0n) is 10.9. The van der Waals surface area contributed by atoms with Crippen molar-refractivity contribution in [1.29, 1.82) is 0 Å². The standard InChI is InChI=1S/C14H10FNO5/c1-8-5-6-11(9(7-8)14(17)18)21-12-4-2-3-10(15)13(12)16(19)20/h2-7H,1H3,(H,17,18). The highest BCUT2D eigenvalue weighted by Gasteiger charge is 2.23. The van der Waals surface area contributed by atoms with Gasteiger partial charge in [0.2, 0.25) is 11.6 Å². The van der Waals surface area contributed by atoms with Gasteiger partial charge in [0, 0.05) is 0 Å². The average Bonchev–Trinajstić information content (AvgIpc) is 2.40. The van der Waals surface area contributed by atoms with Crippen molar-refractivity contribution in [2.75, 3.05) is 0 Å². The van der Waals surface area contributed by atoms with Gasteiger partial charge in [-0.15, -0.1) is 0 Å². The van der Waals surface area contributed by atoms with Crippen LogP contribution in [0.1, 0.15) is 15.9 Å². The highest BCUT2D eigenvalue weighted by molar-refractivity contribution is 5.91. The molecule has 0 atom stereocenters. The fourth-order valence-corrected chi connectivity index (χ4v) is 1.77. The van der Waals surface area contributed by atoms with E-state index in [1.807, 2.05) is 0 Å². The van der Waals surface area contributed by atoms with Gasteiger partial charge in [-0.2, -0.15) is 4.39 Å². The molecule has 0 aliphatic rings. The van der Waals surface area contributed by atoms with Gasteiger partial charge in [-0.1, -0.05) is 17.7 Å². The maximum atomic E-state index is 13.5. The van der Waals surface area contributed by atoms with E-state index in [-0.39, 0.29) is 17.1 Å². The predicted molar refractivity (Wildman–Crippen MR) is 71.3 cm³/mol. The van der Waals surface area contributed by atoms with Crippen molar-refractivity contribution >= 4 is 11.7 Å². The molecule has 0 unspecified atom stereocenters. The minimum absolute atomic E-state index is 0.0956. The number of carboxylic acid groups (broad SMARTS) is 1. The van der Waals surface area contributed by atoms with Crippen molar-refractivity contribution in [1.82, 2.24) is 0 Å². The van der Waals surface area contributed by atoms with Gasteiger partial charge >= 0.3 is 11.7 Å². The zero-order valence-corrected chi connectivity index (χ0v) is 10.9. The monoisotopic (exact) mass is 291 g/mol. The third kappa shape index (κ3) is 2.97. The number of benzene rings is 2. The van der Waals surface area contributed by atoms with Crippen molar-refractivity contribution in [3.8, 4) is 11.5 Å². The van der Waals surface area contributed by atoms with Gasteiger partial charge in [0.05, 0.1) is 4.92 Å². The van der Waals surface area contributed by atoms with Crippen molar-refractivity contribution in [2.45, 2.75) is 6.92 Å². The molecule has 0 saturated heterocycles. The summed E-state index contributed by atoms with van der Waals surface area (Å²) in [4.78, 5) is 21.1. The molecule has 0 heterocycles. The van der Waals surface area contributed by atoms with Crippen molar-refractivity contribution in [2.24, 2.45) is 0 Å². The SMILES string of the molecule is Cc1ccc(Oc2cccc(F)c2[N+](=O)[O-])c(C(=O)O)c1. The summed E-state index contributed by atoms with van der Waals surface area (Å²) in [7, 11) is 0. The number of aromatic carboxylic acids is 1. The summed E-state index contributed by atoms with van der Waals surface area (Å²) >= 11 is 0. The average molecular weight is 291 g/mol. The Morgan fingerprint density at radius 2 is 2.00 bits per heavy atom. The number of nitro groups is 1. The van der Waals surface area contributed by atoms with Crippen LogP contribution in [0.15, 0.2) is 36.4 Å². The third-order valence-corrected chi connectivity index (χ3v) is 2.72. The van der Waals surface area contributed by atoms with Gasteiger partial charge in [0.1, 0.15) is 11.3 Å². The van der Waals surface area contributed by atoms with Crippen LogP contribution in [0.5, 0.6) is 11.5 Å². The molecule has 0 radical (unpaired) electrons. The second kappa shape index (κ2) is 5.58. The number of halogens is 1. The van der Waals surface area contributed by atoms with Crippen LogP contribution in [0, 0.1) is 22.9 Å². The minimum Gasteiger partial charge on any atom is -0.478 e. The molecule has 0 aliphatic carbocycles. The first-order valence-corrected chi connectivity index (χ1v) is 5.85. The highest BCUT2D eigenvalue weighted by atomic mass is 19.1. The zero-order chi connectivity index (χ0) is 15.6. The van der Waals surface area contributed by atoms with Gasteiger partial charge in [-0.3, -0.25) is 10.1 Å². The van der Waals surface area contributed by atoms with Gasteiger partial charge in [0.15, 0.2) is 0 Å². The van der Waals surface area contributed by atoms with Crippen LogP contribution in [0.3, 0.4) is 0 Å². The summed E-state index contributed by atoms with van der Waals surface area (Å²) in [6, 6.07) is 7.69. The molecule has 21 heavy (non-hydrogen) atoms. The normalized spacial score (nSPS) is 10.2.